The second kappa shape index (κ2) is 3.97. The Balaban J connectivity index is 2.45. The molecule has 0 atom stereocenters. The molecule has 1 aromatic rings. The van der Waals surface area contributed by atoms with Crippen LogP contribution in [0.1, 0.15) is 29.8 Å². The highest BCUT2D eigenvalue weighted by atomic mass is 16.2. The maximum absolute atomic E-state index is 11.6. The molecular weight excluding hydrogens is 218 g/mol. The first-order valence-electron chi connectivity index (χ1n) is 5.18. The van der Waals surface area contributed by atoms with Crippen molar-refractivity contribution in [1.82, 2.24) is 5.32 Å². The Kier molecular flexibility index (Phi) is 2.63. The number of carbonyl (C=O) groups is 3. The molecule has 2 amide bonds. The van der Waals surface area contributed by atoms with Gasteiger partial charge in [0.15, 0.2) is 5.78 Å². The van der Waals surface area contributed by atoms with Gasteiger partial charge in [0.1, 0.15) is 0 Å². The zero-order valence-electron chi connectivity index (χ0n) is 9.53. The first kappa shape index (κ1) is 11.3. The van der Waals surface area contributed by atoms with E-state index in [0.717, 1.165) is 0 Å². The molecule has 1 aliphatic rings. The molecule has 0 aromatic heterocycles. The van der Waals surface area contributed by atoms with Crippen LogP contribution < -0.4 is 5.32 Å². The van der Waals surface area contributed by atoms with Crippen molar-refractivity contribution in [2.75, 3.05) is 0 Å². The predicted molar refractivity (Wildman–Crippen MR) is 62.2 cm³/mol. The maximum atomic E-state index is 11.6. The lowest BCUT2D eigenvalue weighted by Crippen LogP contribution is -2.22. The van der Waals surface area contributed by atoms with E-state index in [9.17, 15) is 14.4 Å². The molecule has 4 nitrogen and oxygen atoms in total. The fraction of sp³-hybridized carbons (Fsp3) is 0.154. The number of imide groups is 1. The first-order chi connectivity index (χ1) is 8.00. The summed E-state index contributed by atoms with van der Waals surface area (Å²) in [7, 11) is 0. The average Bonchev–Trinajstić information content (AvgIpc) is 2.53. The van der Waals surface area contributed by atoms with E-state index in [1.54, 1.807) is 31.2 Å². The van der Waals surface area contributed by atoms with Gasteiger partial charge in [-0.05, 0) is 19.4 Å². The maximum Gasteiger partial charge on any atom is 0.259 e. The number of carbonyl (C=O) groups excluding carboxylic acids is 3. The highest BCUT2D eigenvalue weighted by Crippen LogP contribution is 2.23. The Morgan fingerprint density at radius 2 is 1.65 bits per heavy atom. The molecule has 0 fully saturated rings. The molecule has 1 aromatic carbocycles. The minimum Gasteiger partial charge on any atom is -0.295 e. The van der Waals surface area contributed by atoms with Crippen LogP contribution in [0.5, 0.6) is 0 Å². The zero-order valence-corrected chi connectivity index (χ0v) is 9.53. The average molecular weight is 229 g/mol. The summed E-state index contributed by atoms with van der Waals surface area (Å²) in [5.74, 6) is -0.780. The van der Waals surface area contributed by atoms with Gasteiger partial charge in [-0.1, -0.05) is 24.3 Å². The number of ketones is 1. The van der Waals surface area contributed by atoms with E-state index in [0.29, 0.717) is 22.3 Å². The molecule has 1 aliphatic heterocycles. The van der Waals surface area contributed by atoms with E-state index in [-0.39, 0.29) is 17.6 Å². The Hall–Kier alpha value is -2.23. The molecule has 0 aliphatic carbocycles. The van der Waals surface area contributed by atoms with Crippen molar-refractivity contribution in [3.63, 3.8) is 0 Å². The summed E-state index contributed by atoms with van der Waals surface area (Å²) in [6.45, 7) is 3.08. The smallest absolute Gasteiger partial charge is 0.259 e. The number of benzene rings is 1. The van der Waals surface area contributed by atoms with Crippen LogP contribution in [0, 0.1) is 0 Å². The normalized spacial score (nSPS) is 15.2. The SMILES string of the molecule is CC(=O)c1ccc(C2=C(C)C(=O)NC2=O)cc1. The van der Waals surface area contributed by atoms with Gasteiger partial charge in [0.25, 0.3) is 11.8 Å². The first-order valence-corrected chi connectivity index (χ1v) is 5.18. The van der Waals surface area contributed by atoms with Gasteiger partial charge < -0.3 is 0 Å². The third-order valence-electron chi connectivity index (χ3n) is 2.75. The summed E-state index contributed by atoms with van der Waals surface area (Å²) >= 11 is 0. The van der Waals surface area contributed by atoms with E-state index in [2.05, 4.69) is 5.32 Å². The van der Waals surface area contributed by atoms with Crippen LogP contribution in [0.15, 0.2) is 29.8 Å². The second-order valence-corrected chi connectivity index (χ2v) is 3.92. The molecule has 1 heterocycles. The fourth-order valence-electron chi connectivity index (χ4n) is 1.76. The number of hydrogen-bond donors (Lipinski definition) is 1. The molecule has 17 heavy (non-hydrogen) atoms. The number of nitrogens with one attached hydrogen (secondary N) is 1. The minimum absolute atomic E-state index is 0.0331. The van der Waals surface area contributed by atoms with Crippen LogP contribution in [-0.4, -0.2) is 17.6 Å². The van der Waals surface area contributed by atoms with Crippen LogP contribution in [0.4, 0.5) is 0 Å². The van der Waals surface area contributed by atoms with Crippen LogP contribution in [0.2, 0.25) is 0 Å². The third kappa shape index (κ3) is 1.89. The molecule has 2 rings (SSSR count). The van der Waals surface area contributed by atoms with Crippen molar-refractivity contribution in [3.05, 3.63) is 41.0 Å². The van der Waals surface area contributed by atoms with Gasteiger partial charge in [0.2, 0.25) is 0 Å². The summed E-state index contributed by atoms with van der Waals surface area (Å²) in [5, 5.41) is 2.23. The Bertz CT molecular complexity index is 553. The van der Waals surface area contributed by atoms with E-state index >= 15 is 0 Å². The molecule has 86 valence electrons. The van der Waals surface area contributed by atoms with Gasteiger partial charge in [-0.15, -0.1) is 0 Å². The van der Waals surface area contributed by atoms with Crippen molar-refractivity contribution in [2.24, 2.45) is 0 Å². The van der Waals surface area contributed by atoms with E-state index in [1.807, 2.05) is 0 Å². The predicted octanol–water partition coefficient (Wildman–Crippen LogP) is 1.32. The molecular formula is C13H11NO3. The summed E-state index contributed by atoms with van der Waals surface area (Å²) in [4.78, 5) is 34.0. The van der Waals surface area contributed by atoms with Crippen molar-refractivity contribution in [1.29, 1.82) is 0 Å². The van der Waals surface area contributed by atoms with E-state index in [4.69, 9.17) is 0 Å². The topological polar surface area (TPSA) is 63.2 Å². The molecule has 0 spiro atoms. The fourth-order valence-corrected chi connectivity index (χ4v) is 1.76. The molecule has 0 radical (unpaired) electrons. The number of hydrogen-bond acceptors (Lipinski definition) is 3. The molecule has 0 saturated heterocycles. The second-order valence-electron chi connectivity index (χ2n) is 3.92. The molecule has 0 bridgehead atoms. The van der Waals surface area contributed by atoms with Crippen LogP contribution in [0.25, 0.3) is 5.57 Å². The molecule has 0 unspecified atom stereocenters. The highest BCUT2D eigenvalue weighted by Gasteiger charge is 2.27. The van der Waals surface area contributed by atoms with Gasteiger partial charge >= 0.3 is 0 Å². The van der Waals surface area contributed by atoms with Gasteiger partial charge in [0.05, 0.1) is 5.57 Å². The summed E-state index contributed by atoms with van der Waals surface area (Å²) < 4.78 is 0. The van der Waals surface area contributed by atoms with E-state index < -0.39 is 0 Å². The van der Waals surface area contributed by atoms with Crippen molar-refractivity contribution >= 4 is 23.2 Å². The number of amides is 2. The quantitative estimate of drug-likeness (QED) is 0.614. The van der Waals surface area contributed by atoms with Gasteiger partial charge in [0, 0.05) is 11.1 Å². The van der Waals surface area contributed by atoms with E-state index in [1.165, 1.54) is 6.92 Å². The summed E-state index contributed by atoms with van der Waals surface area (Å²) in [5.41, 5.74) is 2.02. The highest BCUT2D eigenvalue weighted by molar-refractivity contribution is 6.35. The monoisotopic (exact) mass is 229 g/mol. The van der Waals surface area contributed by atoms with Crippen LogP contribution >= 0.6 is 0 Å². The third-order valence-corrected chi connectivity index (χ3v) is 2.75. The van der Waals surface area contributed by atoms with Gasteiger partial charge in [-0.3, -0.25) is 19.7 Å². The van der Waals surface area contributed by atoms with Gasteiger partial charge in [-0.2, -0.15) is 0 Å². The van der Waals surface area contributed by atoms with Crippen molar-refractivity contribution in [3.8, 4) is 0 Å². The lowest BCUT2D eigenvalue weighted by atomic mass is 10.0. The zero-order chi connectivity index (χ0) is 12.6. The Morgan fingerprint density at radius 1 is 1.06 bits per heavy atom. The van der Waals surface area contributed by atoms with Crippen LogP contribution in [-0.2, 0) is 9.59 Å². The van der Waals surface area contributed by atoms with Gasteiger partial charge in [-0.25, -0.2) is 0 Å². The largest absolute Gasteiger partial charge is 0.295 e. The standard InChI is InChI=1S/C13H11NO3/c1-7-11(13(17)14-12(7)16)10-5-3-9(4-6-10)8(2)15/h3-6H,1-2H3,(H,14,16,17). The van der Waals surface area contributed by atoms with Crippen LogP contribution in [0.3, 0.4) is 0 Å². The Morgan fingerprint density at radius 3 is 2.06 bits per heavy atom. The molecule has 0 saturated carbocycles. The van der Waals surface area contributed by atoms with Crippen molar-refractivity contribution < 1.29 is 14.4 Å². The number of rotatable bonds is 2. The summed E-state index contributed by atoms with van der Waals surface area (Å²) in [6.07, 6.45) is 0. The Labute approximate surface area is 98.3 Å². The molecule has 1 N–H and O–H groups in total. The summed E-state index contributed by atoms with van der Waals surface area (Å²) in [6, 6.07) is 6.64. The lowest BCUT2D eigenvalue weighted by molar-refractivity contribution is -0.123. The number of Topliss-reactive ketones (excluding diaryl/α,β-unsaturated/α-hetero) is 1. The lowest BCUT2D eigenvalue weighted by Gasteiger charge is -2.02. The minimum atomic E-state index is -0.386. The molecule has 4 heteroatoms. The van der Waals surface area contributed by atoms with Crippen molar-refractivity contribution in [2.45, 2.75) is 13.8 Å².